The van der Waals surface area contributed by atoms with Gasteiger partial charge in [0.05, 0.1) is 26.5 Å². The quantitative estimate of drug-likeness (QED) is 0.858. The minimum absolute atomic E-state index is 0.0612. The molecular formula is C15H15N3O3. The molecule has 0 N–H and O–H groups in total. The van der Waals surface area contributed by atoms with Crippen molar-refractivity contribution in [1.82, 2.24) is 14.9 Å². The molecule has 108 valence electrons. The van der Waals surface area contributed by atoms with Crippen molar-refractivity contribution in [3.05, 3.63) is 47.5 Å². The van der Waals surface area contributed by atoms with Crippen molar-refractivity contribution in [3.8, 4) is 11.5 Å². The summed E-state index contributed by atoms with van der Waals surface area (Å²) >= 11 is 0. The molecule has 0 saturated heterocycles. The van der Waals surface area contributed by atoms with E-state index < -0.39 is 0 Å². The maximum atomic E-state index is 12.6. The molecule has 0 fully saturated rings. The van der Waals surface area contributed by atoms with E-state index in [2.05, 4.69) is 9.97 Å². The average molecular weight is 285 g/mol. The van der Waals surface area contributed by atoms with E-state index in [4.69, 9.17) is 9.47 Å². The van der Waals surface area contributed by atoms with Crippen molar-refractivity contribution in [2.24, 2.45) is 0 Å². The molecule has 6 nitrogen and oxygen atoms in total. The average Bonchev–Trinajstić information content (AvgIpc) is 2.97. The van der Waals surface area contributed by atoms with Gasteiger partial charge in [-0.05, 0) is 18.2 Å². The molecule has 0 aliphatic carbocycles. The van der Waals surface area contributed by atoms with Crippen LogP contribution >= 0.6 is 0 Å². The van der Waals surface area contributed by atoms with E-state index in [0.717, 1.165) is 11.3 Å². The number of amides is 1. The fourth-order valence-electron chi connectivity index (χ4n) is 2.40. The number of carbonyl (C=O) groups excluding carboxylic acids is 1. The fourth-order valence-corrected chi connectivity index (χ4v) is 2.40. The zero-order valence-corrected chi connectivity index (χ0v) is 11.9. The summed E-state index contributed by atoms with van der Waals surface area (Å²) in [6.07, 6.45) is 3.26. The highest BCUT2D eigenvalue weighted by Crippen LogP contribution is 2.29. The van der Waals surface area contributed by atoms with E-state index in [1.807, 2.05) is 0 Å². The lowest BCUT2D eigenvalue weighted by atomic mass is 10.1. The van der Waals surface area contributed by atoms with Crippen LogP contribution in [0.3, 0.4) is 0 Å². The molecule has 1 aliphatic rings. The second-order valence-corrected chi connectivity index (χ2v) is 4.73. The molecule has 0 atom stereocenters. The molecule has 0 bridgehead atoms. The molecule has 0 unspecified atom stereocenters. The van der Waals surface area contributed by atoms with Gasteiger partial charge in [-0.25, -0.2) is 9.97 Å². The molecule has 0 saturated carbocycles. The first-order valence-electron chi connectivity index (χ1n) is 6.52. The standard InChI is InChI=1S/C15H15N3O3/c1-20-13-4-3-10(5-14(13)21-2)15(19)18-7-11-6-16-9-17-12(11)8-18/h3-6,9H,7-8H2,1-2H3. The minimum atomic E-state index is -0.0612. The summed E-state index contributed by atoms with van der Waals surface area (Å²) < 4.78 is 10.4. The van der Waals surface area contributed by atoms with Crippen LogP contribution < -0.4 is 9.47 Å². The number of fused-ring (bicyclic) bond motifs is 1. The van der Waals surface area contributed by atoms with E-state index in [-0.39, 0.29) is 5.91 Å². The van der Waals surface area contributed by atoms with Gasteiger partial charge in [-0.2, -0.15) is 0 Å². The second kappa shape index (κ2) is 5.40. The molecule has 1 aromatic heterocycles. The fraction of sp³-hybridized carbons (Fsp3) is 0.267. The van der Waals surface area contributed by atoms with Crippen molar-refractivity contribution < 1.29 is 14.3 Å². The third kappa shape index (κ3) is 2.40. The van der Waals surface area contributed by atoms with Crippen LogP contribution in [0.25, 0.3) is 0 Å². The number of nitrogens with zero attached hydrogens (tertiary/aromatic N) is 3. The molecular weight excluding hydrogens is 270 g/mol. The van der Waals surface area contributed by atoms with Crippen LogP contribution in [-0.2, 0) is 13.1 Å². The van der Waals surface area contributed by atoms with Crippen LogP contribution in [-0.4, -0.2) is 35.0 Å². The van der Waals surface area contributed by atoms with E-state index in [1.165, 1.54) is 6.33 Å². The Kier molecular flexibility index (Phi) is 3.43. The number of hydrogen-bond acceptors (Lipinski definition) is 5. The molecule has 2 heterocycles. The number of rotatable bonds is 3. The Morgan fingerprint density at radius 2 is 2.00 bits per heavy atom. The number of aromatic nitrogens is 2. The predicted octanol–water partition coefficient (Wildman–Crippen LogP) is 1.65. The van der Waals surface area contributed by atoms with Gasteiger partial charge >= 0.3 is 0 Å². The van der Waals surface area contributed by atoms with Gasteiger partial charge in [-0.1, -0.05) is 0 Å². The first-order valence-corrected chi connectivity index (χ1v) is 6.52. The van der Waals surface area contributed by atoms with Crippen LogP contribution in [0.15, 0.2) is 30.7 Å². The Labute approximate surface area is 122 Å². The Morgan fingerprint density at radius 3 is 2.71 bits per heavy atom. The Bertz CT molecular complexity index is 663. The highest BCUT2D eigenvalue weighted by Gasteiger charge is 2.25. The molecule has 2 aromatic rings. The Balaban J connectivity index is 1.84. The Hall–Kier alpha value is -2.63. The molecule has 1 aromatic carbocycles. The molecule has 1 amide bonds. The van der Waals surface area contributed by atoms with Gasteiger partial charge in [0.15, 0.2) is 11.5 Å². The van der Waals surface area contributed by atoms with Crippen molar-refractivity contribution in [2.75, 3.05) is 14.2 Å². The lowest BCUT2D eigenvalue weighted by Crippen LogP contribution is -2.25. The normalized spacial score (nSPS) is 13.0. The topological polar surface area (TPSA) is 64.5 Å². The van der Waals surface area contributed by atoms with Crippen molar-refractivity contribution in [2.45, 2.75) is 13.1 Å². The maximum Gasteiger partial charge on any atom is 0.254 e. The predicted molar refractivity (Wildman–Crippen MR) is 75.2 cm³/mol. The van der Waals surface area contributed by atoms with Gasteiger partial charge in [0.25, 0.3) is 5.91 Å². The van der Waals surface area contributed by atoms with Crippen LogP contribution in [0.5, 0.6) is 11.5 Å². The van der Waals surface area contributed by atoms with Gasteiger partial charge in [0.2, 0.25) is 0 Å². The van der Waals surface area contributed by atoms with Gasteiger partial charge in [-0.15, -0.1) is 0 Å². The summed E-state index contributed by atoms with van der Waals surface area (Å²) in [5, 5.41) is 0. The number of ether oxygens (including phenoxy) is 2. The summed E-state index contributed by atoms with van der Waals surface area (Å²) in [6.45, 7) is 1.04. The van der Waals surface area contributed by atoms with E-state index in [0.29, 0.717) is 30.2 Å². The smallest absolute Gasteiger partial charge is 0.254 e. The third-order valence-electron chi connectivity index (χ3n) is 3.50. The lowest BCUT2D eigenvalue weighted by molar-refractivity contribution is 0.0750. The first-order chi connectivity index (χ1) is 10.2. The highest BCUT2D eigenvalue weighted by atomic mass is 16.5. The van der Waals surface area contributed by atoms with Gasteiger partial charge < -0.3 is 14.4 Å². The number of methoxy groups -OCH3 is 2. The van der Waals surface area contributed by atoms with E-state index >= 15 is 0 Å². The lowest BCUT2D eigenvalue weighted by Gasteiger charge is -2.16. The molecule has 1 aliphatic heterocycles. The van der Waals surface area contributed by atoms with Gasteiger partial charge in [-0.3, -0.25) is 4.79 Å². The highest BCUT2D eigenvalue weighted by molar-refractivity contribution is 5.95. The zero-order valence-electron chi connectivity index (χ0n) is 11.9. The first kappa shape index (κ1) is 13.4. The van der Waals surface area contributed by atoms with Crippen LogP contribution in [0.2, 0.25) is 0 Å². The van der Waals surface area contributed by atoms with Crippen molar-refractivity contribution in [1.29, 1.82) is 0 Å². The summed E-state index contributed by atoms with van der Waals surface area (Å²) in [5.74, 6) is 1.08. The minimum Gasteiger partial charge on any atom is -0.493 e. The van der Waals surface area contributed by atoms with Crippen LogP contribution in [0, 0.1) is 0 Å². The monoisotopic (exact) mass is 285 g/mol. The molecule has 6 heteroatoms. The van der Waals surface area contributed by atoms with Crippen molar-refractivity contribution >= 4 is 5.91 Å². The number of benzene rings is 1. The number of hydrogen-bond donors (Lipinski definition) is 0. The van der Waals surface area contributed by atoms with Crippen LogP contribution in [0.1, 0.15) is 21.6 Å². The Morgan fingerprint density at radius 1 is 1.19 bits per heavy atom. The van der Waals surface area contributed by atoms with Crippen molar-refractivity contribution in [3.63, 3.8) is 0 Å². The van der Waals surface area contributed by atoms with E-state index in [9.17, 15) is 4.79 Å². The summed E-state index contributed by atoms with van der Waals surface area (Å²) in [6, 6.07) is 5.16. The molecule has 0 spiro atoms. The van der Waals surface area contributed by atoms with Gasteiger partial charge in [0.1, 0.15) is 6.33 Å². The SMILES string of the molecule is COc1ccc(C(=O)N2Cc3cncnc3C2)cc1OC. The van der Waals surface area contributed by atoms with Gasteiger partial charge in [0, 0.05) is 23.9 Å². The maximum absolute atomic E-state index is 12.6. The summed E-state index contributed by atoms with van der Waals surface area (Å²) in [5.41, 5.74) is 2.46. The van der Waals surface area contributed by atoms with E-state index in [1.54, 1.807) is 43.5 Å². The largest absolute Gasteiger partial charge is 0.493 e. The molecule has 21 heavy (non-hydrogen) atoms. The summed E-state index contributed by atoms with van der Waals surface area (Å²) in [4.78, 5) is 22.5. The molecule has 0 radical (unpaired) electrons. The third-order valence-corrected chi connectivity index (χ3v) is 3.50. The number of carbonyl (C=O) groups is 1. The summed E-state index contributed by atoms with van der Waals surface area (Å²) in [7, 11) is 3.11. The molecule has 3 rings (SSSR count). The van der Waals surface area contributed by atoms with Crippen LogP contribution in [0.4, 0.5) is 0 Å². The second-order valence-electron chi connectivity index (χ2n) is 4.73. The zero-order chi connectivity index (χ0) is 14.8.